The molecule has 350 valence electrons. The predicted molar refractivity (Wildman–Crippen MR) is 268 cm³/mol. The molecule has 0 aromatic heterocycles. The summed E-state index contributed by atoms with van der Waals surface area (Å²) < 4.78 is 0. The van der Waals surface area contributed by atoms with E-state index in [1.165, 1.54) is 5.56 Å². The highest BCUT2D eigenvalue weighted by Crippen LogP contribution is 2.29. The molecule has 0 amide bonds. The number of rotatable bonds is 30. The van der Waals surface area contributed by atoms with Crippen molar-refractivity contribution >= 4 is 24.8 Å². The van der Waals surface area contributed by atoms with Gasteiger partial charge in [0, 0.05) is 156 Å². The van der Waals surface area contributed by atoms with Crippen LogP contribution in [0.5, 0.6) is 0 Å². The number of benzene rings is 2. The number of nitrogens with zero attached hydrogens (tertiary/aromatic N) is 4. The lowest BCUT2D eigenvalue weighted by atomic mass is 10.1. The van der Waals surface area contributed by atoms with Gasteiger partial charge in [0.25, 0.3) is 0 Å². The highest BCUT2D eigenvalue weighted by atomic mass is 35.5. The number of hydrogen-bond donors (Lipinski definition) is 12. The number of aliphatic imine (C=N–C) groups is 2. The van der Waals surface area contributed by atoms with Gasteiger partial charge in [0.2, 0.25) is 0 Å². The second-order valence-electron chi connectivity index (χ2n) is 13.9. The zero-order chi connectivity index (χ0) is 44.1. The van der Waals surface area contributed by atoms with E-state index >= 15 is 0 Å². The third-order valence-electron chi connectivity index (χ3n) is 8.88. The smallest absolute Gasteiger partial charge is 0.103 e. The number of nitrogens with two attached hydrogens (primary N) is 6. The van der Waals surface area contributed by atoms with Crippen molar-refractivity contribution in [2.45, 2.75) is 6.17 Å². The SMILES string of the molecule is Cl.NCCNCCNCCN.NCCNCCNCCN.NCCNCCNCCN.[C+]1=CC=C(C=NCCN2CCN(CCN=Cc3ccccc3)C2c2ccccc2)C=C1. The molecule has 1 heterocycles. The minimum atomic E-state index is 0. The first-order valence-electron chi connectivity index (χ1n) is 22.1. The van der Waals surface area contributed by atoms with Gasteiger partial charge in [-0.1, -0.05) is 60.7 Å². The molecule has 0 bridgehead atoms. The van der Waals surface area contributed by atoms with Crippen molar-refractivity contribution < 1.29 is 0 Å². The normalized spacial score (nSPS) is 14.6. The molecule has 2 aromatic rings. The molecule has 2 aliphatic rings. The van der Waals surface area contributed by atoms with Gasteiger partial charge < -0.3 is 66.3 Å². The molecule has 16 nitrogen and oxygen atoms in total. The molecule has 0 radical (unpaired) electrons. The molecule has 1 aliphatic carbocycles. The molecular weight excluding hydrogens is 800 g/mol. The van der Waals surface area contributed by atoms with Crippen molar-refractivity contribution in [3.63, 3.8) is 0 Å². The van der Waals surface area contributed by atoms with E-state index in [0.29, 0.717) is 39.3 Å². The minimum absolute atomic E-state index is 0. The van der Waals surface area contributed by atoms with Crippen LogP contribution < -0.4 is 66.3 Å². The van der Waals surface area contributed by atoms with Gasteiger partial charge >= 0.3 is 0 Å². The van der Waals surface area contributed by atoms with Gasteiger partial charge in [-0.05, 0) is 11.1 Å². The maximum absolute atomic E-state index is 5.27. The molecule has 1 unspecified atom stereocenters. The van der Waals surface area contributed by atoms with Crippen molar-refractivity contribution in [1.29, 1.82) is 0 Å². The van der Waals surface area contributed by atoms with Crippen molar-refractivity contribution in [1.82, 2.24) is 41.7 Å². The Balaban J connectivity index is 0.000000986. The van der Waals surface area contributed by atoms with Gasteiger partial charge in [-0.2, -0.15) is 0 Å². The van der Waals surface area contributed by atoms with Crippen molar-refractivity contribution in [3.05, 3.63) is 108 Å². The second-order valence-corrected chi connectivity index (χ2v) is 13.9. The number of halogens is 1. The molecule has 0 saturated carbocycles. The minimum Gasteiger partial charge on any atom is -0.329 e. The monoisotopic (exact) mass is 884 g/mol. The fourth-order valence-corrected chi connectivity index (χ4v) is 5.88. The highest BCUT2D eigenvalue weighted by Gasteiger charge is 2.32. The molecule has 0 spiro atoms. The number of hydrogen-bond acceptors (Lipinski definition) is 16. The Kier molecular flexibility index (Phi) is 43.2. The van der Waals surface area contributed by atoms with Gasteiger partial charge in [-0.3, -0.25) is 19.8 Å². The third-order valence-corrected chi connectivity index (χ3v) is 8.88. The summed E-state index contributed by atoms with van der Waals surface area (Å²) in [6.45, 7) is 21.0. The van der Waals surface area contributed by atoms with Crippen LogP contribution in [-0.2, 0) is 0 Å². The second kappa shape index (κ2) is 45.7. The van der Waals surface area contributed by atoms with Crippen LogP contribution in [0, 0.1) is 6.08 Å². The first-order valence-corrected chi connectivity index (χ1v) is 22.1. The van der Waals surface area contributed by atoms with Crippen LogP contribution >= 0.6 is 12.4 Å². The van der Waals surface area contributed by atoms with E-state index in [1.54, 1.807) is 0 Å². The van der Waals surface area contributed by atoms with Crippen molar-refractivity contribution in [2.24, 2.45) is 44.4 Å². The number of allylic oxidation sites excluding steroid dienone is 6. The summed E-state index contributed by atoms with van der Waals surface area (Å²) in [5.41, 5.74) is 35.2. The fraction of sp³-hybridized carbons (Fsp3) is 0.556. The van der Waals surface area contributed by atoms with Crippen LogP contribution in [0.25, 0.3) is 0 Å². The number of nitrogens with one attached hydrogen (secondary N) is 6. The predicted octanol–water partition coefficient (Wildman–Crippen LogP) is -0.981. The van der Waals surface area contributed by atoms with Gasteiger partial charge in [-0.25, -0.2) is 0 Å². The first-order chi connectivity index (χ1) is 30.1. The molecule has 62 heavy (non-hydrogen) atoms. The van der Waals surface area contributed by atoms with E-state index in [0.717, 1.165) is 129 Å². The highest BCUT2D eigenvalue weighted by molar-refractivity contribution is 5.85. The first kappa shape index (κ1) is 58.6. The Morgan fingerprint density at radius 1 is 0.532 bits per heavy atom. The molecule has 1 atom stereocenters. The standard InChI is InChI=1S/C27H29N4.3C6H18N4.ClH/c1-4-10-24(11-5-1)22-28-16-18-30-20-21-31(27(30)26-14-8-3-9-15-26)19-17-29-23-25-12-6-2-7-13-25;3*7-1-3-9-5-6-10-4-2-8;/h1,3-15,22-23,27H,16-21H2;3*9-10H,1-8H2;1H/q+1;;;;. The molecule has 1 saturated heterocycles. The topological polar surface area (TPSA) is 260 Å². The van der Waals surface area contributed by atoms with E-state index < -0.39 is 0 Å². The fourth-order valence-electron chi connectivity index (χ4n) is 5.88. The summed E-state index contributed by atoms with van der Waals surface area (Å²) in [7, 11) is 0. The molecule has 1 aliphatic heterocycles. The Morgan fingerprint density at radius 2 is 0.919 bits per heavy atom. The lowest BCUT2D eigenvalue weighted by Crippen LogP contribution is -2.33. The zero-order valence-corrected chi connectivity index (χ0v) is 38.3. The lowest BCUT2D eigenvalue weighted by molar-refractivity contribution is 0.143. The van der Waals surface area contributed by atoms with Gasteiger partial charge in [-0.15, -0.1) is 12.4 Å². The van der Waals surface area contributed by atoms with E-state index in [-0.39, 0.29) is 18.6 Å². The molecule has 18 N–H and O–H groups in total. The van der Waals surface area contributed by atoms with E-state index in [2.05, 4.69) is 100 Å². The van der Waals surface area contributed by atoms with Crippen LogP contribution in [0.15, 0.2) is 101 Å². The van der Waals surface area contributed by atoms with Crippen LogP contribution in [-0.4, -0.2) is 179 Å². The average Bonchev–Trinajstić information content (AvgIpc) is 3.71. The Bertz CT molecular complexity index is 1320. The summed E-state index contributed by atoms with van der Waals surface area (Å²) >= 11 is 0. The Hall–Kier alpha value is -3.36. The van der Waals surface area contributed by atoms with E-state index in [4.69, 9.17) is 34.4 Å². The van der Waals surface area contributed by atoms with Gasteiger partial charge in [0.15, 0.2) is 0 Å². The summed E-state index contributed by atoms with van der Waals surface area (Å²) in [6.07, 6.45) is 15.2. The van der Waals surface area contributed by atoms with Gasteiger partial charge in [0.1, 0.15) is 17.7 Å². The van der Waals surface area contributed by atoms with Crippen molar-refractivity contribution in [2.75, 3.05) is 157 Å². The molecule has 4 rings (SSSR count). The summed E-state index contributed by atoms with van der Waals surface area (Å²) in [4.78, 5) is 14.4. The summed E-state index contributed by atoms with van der Waals surface area (Å²) in [6, 6.07) is 21.1. The largest absolute Gasteiger partial charge is 0.329 e. The third kappa shape index (κ3) is 33.2. The maximum atomic E-state index is 5.27. The average molecular weight is 885 g/mol. The quantitative estimate of drug-likeness (QED) is 0.0256. The van der Waals surface area contributed by atoms with Crippen LogP contribution in [0.2, 0.25) is 0 Å². The van der Waals surface area contributed by atoms with E-state index in [1.807, 2.05) is 54.9 Å². The summed E-state index contributed by atoms with van der Waals surface area (Å²) in [5, 5.41) is 19.0. The Morgan fingerprint density at radius 3 is 1.29 bits per heavy atom. The maximum Gasteiger partial charge on any atom is 0.103 e. The summed E-state index contributed by atoms with van der Waals surface area (Å²) in [5.74, 6) is 0. The van der Waals surface area contributed by atoms with E-state index in [9.17, 15) is 0 Å². The zero-order valence-electron chi connectivity index (χ0n) is 37.4. The van der Waals surface area contributed by atoms with Crippen LogP contribution in [0.4, 0.5) is 0 Å². The molecular formula is C45H84ClN16+. The Labute approximate surface area is 380 Å². The molecule has 17 heteroatoms. The molecule has 1 fully saturated rings. The van der Waals surface area contributed by atoms with Crippen molar-refractivity contribution in [3.8, 4) is 0 Å². The lowest BCUT2D eigenvalue weighted by Gasteiger charge is -2.30. The van der Waals surface area contributed by atoms with Crippen LogP contribution in [0.3, 0.4) is 0 Å². The van der Waals surface area contributed by atoms with Crippen LogP contribution in [0.1, 0.15) is 17.3 Å². The molecule has 2 aromatic carbocycles. The van der Waals surface area contributed by atoms with Gasteiger partial charge in [0.05, 0.1) is 37.6 Å².